The third-order valence-electron chi connectivity index (χ3n) is 1.88. The fraction of sp³-hybridized carbons (Fsp3) is 0.500. The molecule has 1 heterocycles. The summed E-state index contributed by atoms with van der Waals surface area (Å²) >= 11 is 0. The molecular formula is C8H11F3N2. The minimum absolute atomic E-state index is 0.116. The van der Waals surface area contributed by atoms with E-state index in [4.69, 9.17) is 5.73 Å². The second-order valence-electron chi connectivity index (χ2n) is 3.05. The lowest BCUT2D eigenvalue weighted by Gasteiger charge is -2.14. The second-order valence-corrected chi connectivity index (χ2v) is 3.05. The minimum Gasteiger partial charge on any atom is -0.362 e. The van der Waals surface area contributed by atoms with Crippen molar-refractivity contribution < 1.29 is 13.2 Å². The van der Waals surface area contributed by atoms with Crippen LogP contribution in [-0.2, 0) is 0 Å². The number of nitrogens with two attached hydrogens (primary N) is 1. The van der Waals surface area contributed by atoms with Crippen LogP contribution in [0.15, 0.2) is 6.07 Å². The Hall–Kier alpha value is -0.970. The lowest BCUT2D eigenvalue weighted by molar-refractivity contribution is -0.149. The highest BCUT2D eigenvalue weighted by molar-refractivity contribution is 5.28. The fourth-order valence-electron chi connectivity index (χ4n) is 1.24. The van der Waals surface area contributed by atoms with Gasteiger partial charge >= 0.3 is 6.18 Å². The summed E-state index contributed by atoms with van der Waals surface area (Å²) in [6.45, 7) is 3.27. The number of hydrogen-bond acceptors (Lipinski definition) is 1. The number of rotatable bonds is 1. The van der Waals surface area contributed by atoms with Crippen molar-refractivity contribution in [3.63, 3.8) is 0 Å². The minimum atomic E-state index is -4.38. The van der Waals surface area contributed by atoms with Gasteiger partial charge in [-0.25, -0.2) is 0 Å². The van der Waals surface area contributed by atoms with Crippen LogP contribution in [0.4, 0.5) is 13.2 Å². The van der Waals surface area contributed by atoms with Crippen molar-refractivity contribution >= 4 is 0 Å². The van der Waals surface area contributed by atoms with Gasteiger partial charge in [-0.15, -0.1) is 0 Å². The maximum Gasteiger partial charge on any atom is 0.407 e. The topological polar surface area (TPSA) is 41.8 Å². The van der Waals surface area contributed by atoms with Gasteiger partial charge in [0.1, 0.15) is 6.04 Å². The van der Waals surface area contributed by atoms with Crippen LogP contribution in [0.3, 0.4) is 0 Å². The molecule has 0 radical (unpaired) electrons. The maximum absolute atomic E-state index is 12.2. The molecule has 3 N–H and O–H groups in total. The van der Waals surface area contributed by atoms with Crippen LogP contribution < -0.4 is 5.73 Å². The first kappa shape index (κ1) is 10.1. The molecule has 0 bridgehead atoms. The van der Waals surface area contributed by atoms with E-state index < -0.39 is 12.2 Å². The van der Waals surface area contributed by atoms with Crippen LogP contribution in [-0.4, -0.2) is 11.2 Å². The molecule has 0 saturated heterocycles. The van der Waals surface area contributed by atoms with Gasteiger partial charge in [-0.1, -0.05) is 0 Å². The Bertz CT molecular complexity index is 301. The normalized spacial score (nSPS) is 14.6. The van der Waals surface area contributed by atoms with Crippen LogP contribution in [0.1, 0.15) is 23.0 Å². The first-order chi connectivity index (χ1) is 5.82. The monoisotopic (exact) mass is 192 g/mol. The summed E-state index contributed by atoms with van der Waals surface area (Å²) in [6.07, 6.45) is -4.38. The van der Waals surface area contributed by atoms with Crippen molar-refractivity contribution in [3.8, 4) is 0 Å². The van der Waals surface area contributed by atoms with Crippen molar-refractivity contribution in [1.29, 1.82) is 0 Å². The summed E-state index contributed by atoms with van der Waals surface area (Å²) in [6, 6.07) is -0.467. The molecule has 1 unspecified atom stereocenters. The van der Waals surface area contributed by atoms with E-state index in [1.807, 2.05) is 0 Å². The first-order valence-corrected chi connectivity index (χ1v) is 3.80. The molecule has 0 fully saturated rings. The lowest BCUT2D eigenvalue weighted by Crippen LogP contribution is -2.28. The van der Waals surface area contributed by atoms with E-state index in [-0.39, 0.29) is 5.56 Å². The molecule has 0 aliphatic heterocycles. The Kier molecular flexibility index (Phi) is 2.38. The van der Waals surface area contributed by atoms with E-state index in [2.05, 4.69) is 4.98 Å². The molecule has 0 aromatic carbocycles. The molecule has 0 aliphatic rings. The number of aromatic nitrogens is 1. The average Bonchev–Trinajstić information content (AvgIpc) is 2.26. The molecule has 1 aromatic heterocycles. The zero-order chi connectivity index (χ0) is 10.2. The van der Waals surface area contributed by atoms with Gasteiger partial charge in [0.25, 0.3) is 0 Å². The molecule has 13 heavy (non-hydrogen) atoms. The van der Waals surface area contributed by atoms with Gasteiger partial charge in [0.15, 0.2) is 0 Å². The van der Waals surface area contributed by atoms with E-state index in [0.717, 1.165) is 0 Å². The van der Waals surface area contributed by atoms with Crippen LogP contribution >= 0.6 is 0 Å². The van der Waals surface area contributed by atoms with Crippen molar-refractivity contribution in [2.24, 2.45) is 5.73 Å². The molecule has 2 nitrogen and oxygen atoms in total. The van der Waals surface area contributed by atoms with Gasteiger partial charge < -0.3 is 10.7 Å². The number of H-pyrrole nitrogens is 1. The zero-order valence-electron chi connectivity index (χ0n) is 7.37. The van der Waals surface area contributed by atoms with Crippen LogP contribution in [0.25, 0.3) is 0 Å². The third-order valence-corrected chi connectivity index (χ3v) is 1.88. The molecule has 74 valence electrons. The number of halogens is 3. The predicted molar refractivity (Wildman–Crippen MR) is 43.3 cm³/mol. The fourth-order valence-corrected chi connectivity index (χ4v) is 1.24. The summed E-state index contributed by atoms with van der Waals surface area (Å²) in [5, 5.41) is 0. The second kappa shape index (κ2) is 3.06. The molecule has 1 aromatic rings. The number of nitrogens with one attached hydrogen (secondary N) is 1. The summed E-state index contributed by atoms with van der Waals surface area (Å²) in [5.41, 5.74) is 6.32. The van der Waals surface area contributed by atoms with Crippen LogP contribution in [0, 0.1) is 13.8 Å². The third kappa shape index (κ3) is 2.03. The first-order valence-electron chi connectivity index (χ1n) is 3.80. The Morgan fingerprint density at radius 1 is 1.38 bits per heavy atom. The van der Waals surface area contributed by atoms with Gasteiger partial charge in [0.05, 0.1) is 0 Å². The molecule has 5 heteroatoms. The van der Waals surface area contributed by atoms with Crippen LogP contribution in [0.5, 0.6) is 0 Å². The molecule has 0 amide bonds. The lowest BCUT2D eigenvalue weighted by atomic mass is 10.1. The highest BCUT2D eigenvalue weighted by atomic mass is 19.4. The Morgan fingerprint density at radius 2 is 1.92 bits per heavy atom. The quantitative estimate of drug-likeness (QED) is 0.703. The van der Waals surface area contributed by atoms with Crippen molar-refractivity contribution in [2.75, 3.05) is 0 Å². The zero-order valence-corrected chi connectivity index (χ0v) is 7.37. The summed E-state index contributed by atoms with van der Waals surface area (Å²) in [4.78, 5) is 2.78. The van der Waals surface area contributed by atoms with Crippen molar-refractivity contribution in [3.05, 3.63) is 23.0 Å². The van der Waals surface area contributed by atoms with Crippen molar-refractivity contribution in [2.45, 2.75) is 26.1 Å². The molecule has 0 saturated carbocycles. The standard InChI is InChI=1S/C8H11F3N2/c1-4-3-6(5(2)13-4)7(12)8(9,10)11/h3,7,13H,12H2,1-2H3. The van der Waals surface area contributed by atoms with Gasteiger partial charge in [0, 0.05) is 11.4 Å². The van der Waals surface area contributed by atoms with Gasteiger partial charge in [-0.2, -0.15) is 13.2 Å². The average molecular weight is 192 g/mol. The molecule has 0 spiro atoms. The summed E-state index contributed by atoms with van der Waals surface area (Å²) in [7, 11) is 0. The number of aryl methyl sites for hydroxylation is 2. The van der Waals surface area contributed by atoms with E-state index in [1.165, 1.54) is 6.07 Å². The number of aromatic amines is 1. The maximum atomic E-state index is 12.2. The van der Waals surface area contributed by atoms with E-state index >= 15 is 0 Å². The van der Waals surface area contributed by atoms with E-state index in [1.54, 1.807) is 13.8 Å². The molecular weight excluding hydrogens is 181 g/mol. The van der Waals surface area contributed by atoms with Crippen LogP contribution in [0.2, 0.25) is 0 Å². The SMILES string of the molecule is Cc1cc(C(N)C(F)(F)F)c(C)[nH]1. The Labute approximate surface area is 73.9 Å². The Morgan fingerprint density at radius 3 is 2.23 bits per heavy atom. The smallest absolute Gasteiger partial charge is 0.362 e. The van der Waals surface area contributed by atoms with Gasteiger partial charge in [-0.05, 0) is 25.5 Å². The number of hydrogen-bond donors (Lipinski definition) is 2. The highest BCUT2D eigenvalue weighted by Crippen LogP contribution is 2.32. The van der Waals surface area contributed by atoms with Gasteiger partial charge in [0.2, 0.25) is 0 Å². The Balaban J connectivity index is 3.01. The largest absolute Gasteiger partial charge is 0.407 e. The van der Waals surface area contributed by atoms with E-state index in [0.29, 0.717) is 11.4 Å². The summed E-state index contributed by atoms with van der Waals surface area (Å²) < 4.78 is 36.6. The summed E-state index contributed by atoms with van der Waals surface area (Å²) in [5.74, 6) is 0. The molecule has 1 rings (SSSR count). The highest BCUT2D eigenvalue weighted by Gasteiger charge is 2.39. The van der Waals surface area contributed by atoms with Crippen molar-refractivity contribution in [1.82, 2.24) is 4.98 Å². The molecule has 1 atom stereocenters. The number of alkyl halides is 3. The van der Waals surface area contributed by atoms with Gasteiger partial charge in [-0.3, -0.25) is 0 Å². The predicted octanol–water partition coefficient (Wildman–Crippen LogP) is 2.19. The molecule has 0 aliphatic carbocycles. The van der Waals surface area contributed by atoms with E-state index in [9.17, 15) is 13.2 Å².